The molecule has 0 amide bonds. The zero-order chi connectivity index (χ0) is 13.2. The Bertz CT molecular complexity index is 703. The highest BCUT2D eigenvalue weighted by molar-refractivity contribution is 5.86. The van der Waals surface area contributed by atoms with Gasteiger partial charge < -0.3 is 9.84 Å². The summed E-state index contributed by atoms with van der Waals surface area (Å²) in [7, 11) is 0. The van der Waals surface area contributed by atoms with Crippen LogP contribution in [-0.2, 0) is 0 Å². The van der Waals surface area contributed by atoms with Gasteiger partial charge >= 0.3 is 6.01 Å². The quantitative estimate of drug-likeness (QED) is 0.773. The van der Waals surface area contributed by atoms with Crippen molar-refractivity contribution in [2.24, 2.45) is 0 Å². The second-order valence-corrected chi connectivity index (χ2v) is 4.78. The van der Waals surface area contributed by atoms with E-state index in [1.165, 1.54) is 10.8 Å². The first kappa shape index (κ1) is 11.7. The van der Waals surface area contributed by atoms with Gasteiger partial charge in [0.15, 0.2) is 0 Å². The fraction of sp³-hybridized carbons (Fsp3) is 0.200. The Kier molecular flexibility index (Phi) is 2.91. The number of fused-ring (bicyclic) bond motifs is 1. The van der Waals surface area contributed by atoms with Gasteiger partial charge in [-0.05, 0) is 30.7 Å². The Morgan fingerprint density at radius 2 is 1.84 bits per heavy atom. The molecule has 0 saturated heterocycles. The first-order chi connectivity index (χ1) is 9.22. The smallest absolute Gasteiger partial charge is 0.321 e. The van der Waals surface area contributed by atoms with Crippen molar-refractivity contribution in [2.75, 3.05) is 5.32 Å². The zero-order valence-electron chi connectivity index (χ0n) is 10.9. The molecule has 0 radical (unpaired) electrons. The van der Waals surface area contributed by atoms with Gasteiger partial charge in [-0.15, -0.1) is 0 Å². The Labute approximate surface area is 111 Å². The number of rotatable bonds is 3. The van der Waals surface area contributed by atoms with E-state index in [-0.39, 0.29) is 6.04 Å². The number of hydrogen-bond donors (Lipinski definition) is 1. The molecule has 96 valence electrons. The summed E-state index contributed by atoms with van der Waals surface area (Å²) in [6.07, 6.45) is 0. The van der Waals surface area contributed by atoms with Crippen LogP contribution in [0.1, 0.15) is 13.8 Å². The highest BCUT2D eigenvalue weighted by atomic mass is 16.5. The van der Waals surface area contributed by atoms with E-state index in [1.54, 1.807) is 0 Å². The van der Waals surface area contributed by atoms with Crippen molar-refractivity contribution < 1.29 is 4.52 Å². The van der Waals surface area contributed by atoms with Gasteiger partial charge in [-0.2, -0.15) is 4.98 Å². The van der Waals surface area contributed by atoms with E-state index in [2.05, 4.69) is 39.7 Å². The van der Waals surface area contributed by atoms with Crippen molar-refractivity contribution in [1.29, 1.82) is 0 Å². The summed E-state index contributed by atoms with van der Waals surface area (Å²) >= 11 is 0. The molecule has 4 nitrogen and oxygen atoms in total. The monoisotopic (exact) mass is 253 g/mol. The number of nitrogens with zero attached hydrogens (tertiary/aromatic N) is 2. The van der Waals surface area contributed by atoms with Crippen molar-refractivity contribution in [3.8, 4) is 11.4 Å². The maximum Gasteiger partial charge on any atom is 0.321 e. The first-order valence-corrected chi connectivity index (χ1v) is 6.32. The van der Waals surface area contributed by atoms with Gasteiger partial charge in [-0.3, -0.25) is 0 Å². The molecular weight excluding hydrogens is 238 g/mol. The lowest BCUT2D eigenvalue weighted by Gasteiger charge is -2.02. The lowest BCUT2D eigenvalue weighted by molar-refractivity contribution is 0.429. The molecule has 19 heavy (non-hydrogen) atoms. The molecule has 0 atom stereocenters. The number of nitrogens with one attached hydrogen (secondary N) is 1. The van der Waals surface area contributed by atoms with Crippen LogP contribution in [0.3, 0.4) is 0 Å². The average molecular weight is 253 g/mol. The minimum absolute atomic E-state index is 0.268. The molecule has 0 fully saturated rings. The van der Waals surface area contributed by atoms with E-state index in [4.69, 9.17) is 4.52 Å². The molecule has 0 unspecified atom stereocenters. The van der Waals surface area contributed by atoms with Gasteiger partial charge in [-0.25, -0.2) is 0 Å². The summed E-state index contributed by atoms with van der Waals surface area (Å²) in [5.74, 6) is 0.605. The van der Waals surface area contributed by atoms with Crippen LogP contribution >= 0.6 is 0 Å². The highest BCUT2D eigenvalue weighted by Gasteiger charge is 2.09. The predicted molar refractivity (Wildman–Crippen MR) is 76.0 cm³/mol. The standard InChI is InChI=1S/C15H15N3O/c1-10(2)16-15-17-14(18-19-15)13-8-7-11-5-3-4-6-12(11)9-13/h3-10H,1-2H3,(H,16,17,18). The summed E-state index contributed by atoms with van der Waals surface area (Å²) in [6, 6.07) is 15.1. The van der Waals surface area contributed by atoms with Crippen molar-refractivity contribution in [1.82, 2.24) is 10.1 Å². The molecule has 0 aliphatic heterocycles. The molecule has 0 saturated carbocycles. The number of anilines is 1. The number of aromatic nitrogens is 2. The molecule has 1 N–H and O–H groups in total. The van der Waals surface area contributed by atoms with Crippen LogP contribution in [0.4, 0.5) is 6.01 Å². The minimum atomic E-state index is 0.268. The third kappa shape index (κ3) is 2.42. The Hall–Kier alpha value is -2.36. The maximum absolute atomic E-state index is 5.17. The Morgan fingerprint density at radius 1 is 1.05 bits per heavy atom. The van der Waals surface area contributed by atoms with Crippen molar-refractivity contribution >= 4 is 16.8 Å². The van der Waals surface area contributed by atoms with Crippen molar-refractivity contribution in [3.63, 3.8) is 0 Å². The fourth-order valence-corrected chi connectivity index (χ4v) is 1.97. The van der Waals surface area contributed by atoms with Gasteiger partial charge in [0.1, 0.15) is 0 Å². The number of hydrogen-bond acceptors (Lipinski definition) is 4. The molecular formula is C15H15N3O. The molecule has 0 aliphatic rings. The molecule has 2 aromatic carbocycles. The van der Waals surface area contributed by atoms with Crippen LogP contribution in [0.5, 0.6) is 0 Å². The van der Waals surface area contributed by atoms with E-state index >= 15 is 0 Å². The van der Waals surface area contributed by atoms with E-state index < -0.39 is 0 Å². The van der Waals surface area contributed by atoms with Crippen LogP contribution in [0.15, 0.2) is 47.0 Å². The van der Waals surface area contributed by atoms with Gasteiger partial charge in [0, 0.05) is 11.6 Å². The van der Waals surface area contributed by atoms with Crippen molar-refractivity contribution in [2.45, 2.75) is 19.9 Å². The van der Waals surface area contributed by atoms with Crippen LogP contribution in [0, 0.1) is 0 Å². The second kappa shape index (κ2) is 4.72. The first-order valence-electron chi connectivity index (χ1n) is 6.32. The summed E-state index contributed by atoms with van der Waals surface area (Å²) in [5.41, 5.74) is 0.958. The van der Waals surface area contributed by atoms with E-state index in [0.29, 0.717) is 11.8 Å². The molecule has 1 aromatic heterocycles. The third-order valence-corrected chi connectivity index (χ3v) is 2.85. The average Bonchev–Trinajstić information content (AvgIpc) is 2.86. The predicted octanol–water partition coefficient (Wildman–Crippen LogP) is 3.71. The molecule has 0 bridgehead atoms. The zero-order valence-corrected chi connectivity index (χ0v) is 10.9. The SMILES string of the molecule is CC(C)Nc1nc(-c2ccc3ccccc3c2)no1. The minimum Gasteiger partial charge on any atom is -0.336 e. The van der Waals surface area contributed by atoms with E-state index in [1.807, 2.05) is 32.0 Å². The van der Waals surface area contributed by atoms with Crippen LogP contribution < -0.4 is 5.32 Å². The van der Waals surface area contributed by atoms with Crippen LogP contribution in [0.25, 0.3) is 22.2 Å². The lowest BCUT2D eigenvalue weighted by Crippen LogP contribution is -2.09. The van der Waals surface area contributed by atoms with E-state index in [9.17, 15) is 0 Å². The molecule has 4 heteroatoms. The van der Waals surface area contributed by atoms with Gasteiger partial charge in [0.05, 0.1) is 0 Å². The fourth-order valence-electron chi connectivity index (χ4n) is 1.97. The maximum atomic E-state index is 5.17. The summed E-state index contributed by atoms with van der Waals surface area (Å²) < 4.78 is 5.17. The van der Waals surface area contributed by atoms with Gasteiger partial charge in [-0.1, -0.05) is 41.6 Å². The largest absolute Gasteiger partial charge is 0.336 e. The Balaban J connectivity index is 1.97. The van der Waals surface area contributed by atoms with Crippen LogP contribution in [0.2, 0.25) is 0 Å². The van der Waals surface area contributed by atoms with Gasteiger partial charge in [0.2, 0.25) is 5.82 Å². The molecule has 0 aliphatic carbocycles. The van der Waals surface area contributed by atoms with Crippen molar-refractivity contribution in [3.05, 3.63) is 42.5 Å². The number of benzene rings is 2. The Morgan fingerprint density at radius 3 is 2.63 bits per heavy atom. The molecule has 1 heterocycles. The molecule has 0 spiro atoms. The molecule has 3 aromatic rings. The van der Waals surface area contributed by atoms with Crippen LogP contribution in [-0.4, -0.2) is 16.2 Å². The second-order valence-electron chi connectivity index (χ2n) is 4.78. The highest BCUT2D eigenvalue weighted by Crippen LogP contribution is 2.23. The summed E-state index contributed by atoms with van der Waals surface area (Å²) in [4.78, 5) is 4.34. The van der Waals surface area contributed by atoms with E-state index in [0.717, 1.165) is 5.56 Å². The summed E-state index contributed by atoms with van der Waals surface area (Å²) in [5, 5.41) is 9.46. The normalized spacial score (nSPS) is 11.1. The van der Waals surface area contributed by atoms with Gasteiger partial charge in [0.25, 0.3) is 0 Å². The topological polar surface area (TPSA) is 51.0 Å². The lowest BCUT2D eigenvalue weighted by atomic mass is 10.1. The third-order valence-electron chi connectivity index (χ3n) is 2.85. The molecule has 3 rings (SSSR count). The summed E-state index contributed by atoms with van der Waals surface area (Å²) in [6.45, 7) is 4.06.